The van der Waals surface area contributed by atoms with Gasteiger partial charge in [-0.25, -0.2) is 0 Å². The van der Waals surface area contributed by atoms with Gasteiger partial charge in [-0.05, 0) is 35.9 Å². The van der Waals surface area contributed by atoms with E-state index in [2.05, 4.69) is 11.4 Å². The lowest BCUT2D eigenvalue weighted by Crippen LogP contribution is -2.30. The van der Waals surface area contributed by atoms with Gasteiger partial charge < -0.3 is 9.52 Å². The van der Waals surface area contributed by atoms with Gasteiger partial charge in [-0.2, -0.15) is 0 Å². The number of furan rings is 1. The number of hydrogen-bond acceptors (Lipinski definition) is 4. The van der Waals surface area contributed by atoms with Crippen LogP contribution in [0.25, 0.3) is 0 Å². The first-order valence-electron chi connectivity index (χ1n) is 6.61. The normalized spacial score (nSPS) is 19.6. The van der Waals surface area contributed by atoms with Gasteiger partial charge in [-0.15, -0.1) is 11.8 Å². The van der Waals surface area contributed by atoms with Crippen molar-refractivity contribution in [3.63, 3.8) is 0 Å². The minimum absolute atomic E-state index is 0.00700. The molecule has 0 radical (unpaired) electrons. The van der Waals surface area contributed by atoms with E-state index < -0.39 is 0 Å². The van der Waals surface area contributed by atoms with Crippen molar-refractivity contribution in [1.82, 2.24) is 5.32 Å². The Morgan fingerprint density at radius 3 is 3.05 bits per heavy atom. The standard InChI is InChI=1S/C15H16ClNO2S/c16-11-4-1-3-10-12(6-8-20-15(10)11)17-13(9-18)14-5-2-7-19-14/h1-5,7,12-13,17-18H,6,8-9H2. The molecule has 0 bridgehead atoms. The van der Waals surface area contributed by atoms with Crippen LogP contribution < -0.4 is 5.32 Å². The largest absolute Gasteiger partial charge is 0.468 e. The lowest BCUT2D eigenvalue weighted by Gasteiger charge is -2.29. The van der Waals surface area contributed by atoms with Crippen molar-refractivity contribution in [2.45, 2.75) is 23.4 Å². The maximum absolute atomic E-state index is 9.58. The number of aliphatic hydroxyl groups excluding tert-OH is 1. The Morgan fingerprint density at radius 1 is 1.40 bits per heavy atom. The average Bonchev–Trinajstić information content (AvgIpc) is 2.99. The molecule has 1 aromatic heterocycles. The van der Waals surface area contributed by atoms with Crippen LogP contribution in [-0.4, -0.2) is 17.5 Å². The molecule has 106 valence electrons. The van der Waals surface area contributed by atoms with Crippen molar-refractivity contribution in [2.24, 2.45) is 0 Å². The van der Waals surface area contributed by atoms with Gasteiger partial charge in [0.15, 0.2) is 0 Å². The van der Waals surface area contributed by atoms with E-state index in [1.807, 2.05) is 24.3 Å². The number of nitrogens with one attached hydrogen (secondary N) is 1. The molecule has 0 spiro atoms. The van der Waals surface area contributed by atoms with Crippen molar-refractivity contribution < 1.29 is 9.52 Å². The SMILES string of the molecule is OCC(NC1CCSc2c(Cl)cccc21)c1ccco1. The second-order valence-corrected chi connectivity index (χ2v) is 6.28. The van der Waals surface area contributed by atoms with Gasteiger partial charge in [0.05, 0.1) is 23.9 Å². The molecular formula is C15H16ClNO2S. The zero-order valence-corrected chi connectivity index (χ0v) is 12.5. The molecule has 1 aliphatic rings. The molecule has 20 heavy (non-hydrogen) atoms. The molecule has 3 rings (SSSR count). The summed E-state index contributed by atoms with van der Waals surface area (Å²) in [5, 5.41) is 13.9. The Morgan fingerprint density at radius 2 is 2.30 bits per heavy atom. The first kappa shape index (κ1) is 14.0. The second kappa shape index (κ2) is 6.22. The van der Waals surface area contributed by atoms with Crippen LogP contribution in [0.5, 0.6) is 0 Å². The Labute approximate surface area is 127 Å². The van der Waals surface area contributed by atoms with Gasteiger partial charge in [0.2, 0.25) is 0 Å². The van der Waals surface area contributed by atoms with Crippen molar-refractivity contribution >= 4 is 23.4 Å². The van der Waals surface area contributed by atoms with E-state index >= 15 is 0 Å². The Kier molecular flexibility index (Phi) is 4.36. The van der Waals surface area contributed by atoms with Crippen LogP contribution >= 0.6 is 23.4 Å². The van der Waals surface area contributed by atoms with Crippen LogP contribution in [-0.2, 0) is 0 Å². The van der Waals surface area contributed by atoms with Crippen LogP contribution in [0.15, 0.2) is 45.9 Å². The summed E-state index contributed by atoms with van der Waals surface area (Å²) in [5.41, 5.74) is 1.21. The fourth-order valence-electron chi connectivity index (χ4n) is 2.52. The highest BCUT2D eigenvalue weighted by Gasteiger charge is 2.25. The molecule has 1 aliphatic heterocycles. The van der Waals surface area contributed by atoms with E-state index in [1.165, 1.54) is 5.56 Å². The van der Waals surface area contributed by atoms with Crippen molar-refractivity contribution in [2.75, 3.05) is 12.4 Å². The zero-order chi connectivity index (χ0) is 13.9. The van der Waals surface area contributed by atoms with Crippen LogP contribution in [0.4, 0.5) is 0 Å². The minimum atomic E-state index is -0.190. The van der Waals surface area contributed by atoms with E-state index in [-0.39, 0.29) is 18.7 Å². The fourth-order valence-corrected chi connectivity index (χ4v) is 4.00. The summed E-state index contributed by atoms with van der Waals surface area (Å²) in [6.07, 6.45) is 2.64. The number of thioether (sulfide) groups is 1. The van der Waals surface area contributed by atoms with Crippen LogP contribution in [0.3, 0.4) is 0 Å². The number of aliphatic hydroxyl groups is 1. The third-order valence-corrected chi connectivity index (χ3v) is 5.11. The maximum atomic E-state index is 9.58. The molecule has 1 aromatic carbocycles. The molecule has 2 heterocycles. The summed E-state index contributed by atoms with van der Waals surface area (Å²) in [7, 11) is 0. The summed E-state index contributed by atoms with van der Waals surface area (Å²) in [6, 6.07) is 9.71. The second-order valence-electron chi connectivity index (χ2n) is 4.77. The number of benzene rings is 1. The number of rotatable bonds is 4. The molecule has 0 aliphatic carbocycles. The number of hydrogen-bond donors (Lipinski definition) is 2. The molecule has 0 saturated heterocycles. The predicted molar refractivity (Wildman–Crippen MR) is 81.2 cm³/mol. The monoisotopic (exact) mass is 309 g/mol. The lowest BCUT2D eigenvalue weighted by atomic mass is 10.0. The molecule has 0 amide bonds. The summed E-state index contributed by atoms with van der Waals surface area (Å²) in [6.45, 7) is 0.00700. The van der Waals surface area contributed by atoms with Crippen LogP contribution in [0, 0.1) is 0 Å². The van der Waals surface area contributed by atoms with Gasteiger partial charge >= 0.3 is 0 Å². The molecule has 3 nitrogen and oxygen atoms in total. The van der Waals surface area contributed by atoms with Gasteiger partial charge in [-0.1, -0.05) is 23.7 Å². The first-order valence-corrected chi connectivity index (χ1v) is 7.97. The van der Waals surface area contributed by atoms with Crippen LogP contribution in [0.2, 0.25) is 5.02 Å². The third kappa shape index (κ3) is 2.74. The van der Waals surface area contributed by atoms with Crippen molar-refractivity contribution in [3.05, 3.63) is 52.9 Å². The topological polar surface area (TPSA) is 45.4 Å². The van der Waals surface area contributed by atoms with E-state index in [4.69, 9.17) is 16.0 Å². The third-order valence-electron chi connectivity index (χ3n) is 3.50. The molecule has 2 aromatic rings. The van der Waals surface area contributed by atoms with Gasteiger partial charge in [0.1, 0.15) is 5.76 Å². The zero-order valence-electron chi connectivity index (χ0n) is 10.9. The van der Waals surface area contributed by atoms with E-state index in [0.29, 0.717) is 0 Å². The van der Waals surface area contributed by atoms with Gasteiger partial charge in [-0.3, -0.25) is 5.32 Å². The summed E-state index contributed by atoms with van der Waals surface area (Å²) in [5.74, 6) is 1.78. The Bertz CT molecular complexity index is 573. The summed E-state index contributed by atoms with van der Waals surface area (Å²) >= 11 is 8.05. The fraction of sp³-hybridized carbons (Fsp3) is 0.333. The van der Waals surface area contributed by atoms with Crippen LogP contribution in [0.1, 0.15) is 29.8 Å². The van der Waals surface area contributed by atoms with Gasteiger partial charge in [0, 0.05) is 10.9 Å². The number of fused-ring (bicyclic) bond motifs is 1. The number of halogens is 1. The van der Waals surface area contributed by atoms with E-state index in [0.717, 1.165) is 27.9 Å². The predicted octanol–water partition coefficient (Wildman–Crippen LogP) is 3.79. The molecule has 2 unspecified atom stereocenters. The highest BCUT2D eigenvalue weighted by Crippen LogP contribution is 2.41. The van der Waals surface area contributed by atoms with Gasteiger partial charge in [0.25, 0.3) is 0 Å². The maximum Gasteiger partial charge on any atom is 0.123 e. The Hall–Kier alpha value is -0.940. The smallest absolute Gasteiger partial charge is 0.123 e. The first-order chi connectivity index (χ1) is 9.79. The highest BCUT2D eigenvalue weighted by atomic mass is 35.5. The Balaban J connectivity index is 1.84. The van der Waals surface area contributed by atoms with Crippen molar-refractivity contribution in [3.8, 4) is 0 Å². The lowest BCUT2D eigenvalue weighted by molar-refractivity contribution is 0.213. The molecule has 5 heteroatoms. The molecule has 2 atom stereocenters. The molecule has 0 saturated carbocycles. The summed E-state index contributed by atoms with van der Waals surface area (Å²) in [4.78, 5) is 1.15. The molecule has 2 N–H and O–H groups in total. The molecular weight excluding hydrogens is 294 g/mol. The quantitative estimate of drug-likeness (QED) is 0.902. The van der Waals surface area contributed by atoms with E-state index in [1.54, 1.807) is 18.0 Å². The van der Waals surface area contributed by atoms with E-state index in [9.17, 15) is 5.11 Å². The average molecular weight is 310 g/mol. The minimum Gasteiger partial charge on any atom is -0.468 e. The highest BCUT2D eigenvalue weighted by molar-refractivity contribution is 7.99. The van der Waals surface area contributed by atoms with Crippen molar-refractivity contribution in [1.29, 1.82) is 0 Å². The molecule has 0 fully saturated rings. The summed E-state index contributed by atoms with van der Waals surface area (Å²) < 4.78 is 5.39.